The van der Waals surface area contributed by atoms with Crippen LogP contribution in [-0.2, 0) is 0 Å². The Bertz CT molecular complexity index is 342. The number of phenols is 1. The second-order valence-corrected chi connectivity index (χ2v) is 3.41. The van der Waals surface area contributed by atoms with E-state index in [1.54, 1.807) is 12.1 Å². The molecule has 0 spiro atoms. The average molecular weight is 194 g/mol. The first-order valence-corrected chi connectivity index (χ1v) is 4.47. The topological polar surface area (TPSA) is 46.5 Å². The fourth-order valence-corrected chi connectivity index (χ4v) is 1.16. The molecule has 0 aliphatic heterocycles. The molecule has 1 rings (SSSR count). The van der Waals surface area contributed by atoms with Gasteiger partial charge in [-0.3, -0.25) is 4.79 Å². The SMILES string of the molecule is COc1cc(C(=O)C(C)C)ccc1O. The van der Waals surface area contributed by atoms with E-state index >= 15 is 0 Å². The second kappa shape index (κ2) is 4.13. The van der Waals surface area contributed by atoms with Gasteiger partial charge in [-0.25, -0.2) is 0 Å². The minimum Gasteiger partial charge on any atom is -0.504 e. The van der Waals surface area contributed by atoms with Crippen LogP contribution in [0, 0.1) is 5.92 Å². The highest BCUT2D eigenvalue weighted by Crippen LogP contribution is 2.27. The predicted molar refractivity (Wildman–Crippen MR) is 53.8 cm³/mol. The maximum atomic E-state index is 11.6. The summed E-state index contributed by atoms with van der Waals surface area (Å²) >= 11 is 0. The van der Waals surface area contributed by atoms with Crippen LogP contribution in [0.4, 0.5) is 0 Å². The highest BCUT2D eigenvalue weighted by molar-refractivity contribution is 5.97. The Morgan fingerprint density at radius 1 is 1.43 bits per heavy atom. The first-order chi connectivity index (χ1) is 6.56. The van der Waals surface area contributed by atoms with E-state index in [0.29, 0.717) is 11.3 Å². The lowest BCUT2D eigenvalue weighted by Crippen LogP contribution is -2.07. The maximum Gasteiger partial charge on any atom is 0.165 e. The Morgan fingerprint density at radius 2 is 2.07 bits per heavy atom. The van der Waals surface area contributed by atoms with Crippen LogP contribution in [-0.4, -0.2) is 18.0 Å². The number of carbonyl (C=O) groups is 1. The van der Waals surface area contributed by atoms with E-state index in [-0.39, 0.29) is 17.5 Å². The number of rotatable bonds is 3. The van der Waals surface area contributed by atoms with Gasteiger partial charge >= 0.3 is 0 Å². The van der Waals surface area contributed by atoms with E-state index in [1.807, 2.05) is 13.8 Å². The molecule has 1 N–H and O–H groups in total. The number of ketones is 1. The molecule has 0 saturated carbocycles. The van der Waals surface area contributed by atoms with Crippen molar-refractivity contribution in [1.82, 2.24) is 0 Å². The predicted octanol–water partition coefficient (Wildman–Crippen LogP) is 2.24. The van der Waals surface area contributed by atoms with Crippen molar-refractivity contribution in [3.63, 3.8) is 0 Å². The smallest absolute Gasteiger partial charge is 0.165 e. The number of hydrogen-bond donors (Lipinski definition) is 1. The molecule has 0 unspecified atom stereocenters. The quantitative estimate of drug-likeness (QED) is 0.750. The van der Waals surface area contributed by atoms with E-state index in [4.69, 9.17) is 4.74 Å². The minimum atomic E-state index is -0.0516. The first-order valence-electron chi connectivity index (χ1n) is 4.47. The third kappa shape index (κ3) is 2.05. The normalized spacial score (nSPS) is 10.3. The zero-order valence-corrected chi connectivity index (χ0v) is 8.57. The van der Waals surface area contributed by atoms with Crippen molar-refractivity contribution < 1.29 is 14.6 Å². The summed E-state index contributed by atoms with van der Waals surface area (Å²) in [5.41, 5.74) is 0.564. The molecule has 0 bridgehead atoms. The molecule has 0 radical (unpaired) electrons. The summed E-state index contributed by atoms with van der Waals surface area (Å²) in [6.45, 7) is 3.67. The molecular weight excluding hydrogens is 180 g/mol. The zero-order valence-electron chi connectivity index (χ0n) is 8.57. The van der Waals surface area contributed by atoms with Crippen molar-refractivity contribution in [3.05, 3.63) is 23.8 Å². The van der Waals surface area contributed by atoms with Crippen molar-refractivity contribution in [3.8, 4) is 11.5 Å². The molecule has 0 amide bonds. The molecule has 76 valence electrons. The molecule has 0 atom stereocenters. The summed E-state index contributed by atoms with van der Waals surface area (Å²) in [4.78, 5) is 11.6. The Balaban J connectivity index is 3.06. The molecule has 0 aromatic heterocycles. The van der Waals surface area contributed by atoms with Gasteiger partial charge in [0.25, 0.3) is 0 Å². The highest BCUT2D eigenvalue weighted by atomic mass is 16.5. The van der Waals surface area contributed by atoms with Crippen LogP contribution >= 0.6 is 0 Å². The van der Waals surface area contributed by atoms with Gasteiger partial charge in [0.2, 0.25) is 0 Å². The molecular formula is C11H14O3. The van der Waals surface area contributed by atoms with Crippen LogP contribution in [0.25, 0.3) is 0 Å². The number of methoxy groups -OCH3 is 1. The van der Waals surface area contributed by atoms with Crippen LogP contribution in [0.2, 0.25) is 0 Å². The number of phenolic OH excluding ortho intramolecular Hbond substituents is 1. The molecule has 14 heavy (non-hydrogen) atoms. The number of carbonyl (C=O) groups excluding carboxylic acids is 1. The summed E-state index contributed by atoms with van der Waals surface area (Å²) in [7, 11) is 1.46. The van der Waals surface area contributed by atoms with Crippen molar-refractivity contribution in [2.24, 2.45) is 5.92 Å². The highest BCUT2D eigenvalue weighted by Gasteiger charge is 2.12. The van der Waals surface area contributed by atoms with Gasteiger partial charge in [-0.15, -0.1) is 0 Å². The van der Waals surface area contributed by atoms with Gasteiger partial charge in [0.1, 0.15) is 0 Å². The van der Waals surface area contributed by atoms with Gasteiger partial charge < -0.3 is 9.84 Å². The summed E-state index contributed by atoms with van der Waals surface area (Å²) in [5, 5.41) is 9.32. The Kier molecular flexibility index (Phi) is 3.12. The lowest BCUT2D eigenvalue weighted by Gasteiger charge is -2.07. The maximum absolute atomic E-state index is 11.6. The Labute approximate surface area is 83.3 Å². The zero-order chi connectivity index (χ0) is 10.7. The molecule has 0 aliphatic carbocycles. The van der Waals surface area contributed by atoms with Crippen LogP contribution in [0.1, 0.15) is 24.2 Å². The summed E-state index contributed by atoms with van der Waals surface area (Å²) in [5.74, 6) is 0.372. The van der Waals surface area contributed by atoms with Crippen LogP contribution < -0.4 is 4.74 Å². The molecule has 3 heteroatoms. The second-order valence-electron chi connectivity index (χ2n) is 3.41. The molecule has 1 aromatic carbocycles. The number of hydrogen-bond acceptors (Lipinski definition) is 3. The molecule has 0 saturated heterocycles. The molecule has 3 nitrogen and oxygen atoms in total. The Hall–Kier alpha value is -1.51. The van der Waals surface area contributed by atoms with Crippen molar-refractivity contribution in [1.29, 1.82) is 0 Å². The minimum absolute atomic E-state index is 0.0447. The van der Waals surface area contributed by atoms with E-state index in [1.165, 1.54) is 13.2 Å². The van der Waals surface area contributed by atoms with E-state index in [0.717, 1.165) is 0 Å². The van der Waals surface area contributed by atoms with Gasteiger partial charge in [0, 0.05) is 11.5 Å². The monoisotopic (exact) mass is 194 g/mol. The fraction of sp³-hybridized carbons (Fsp3) is 0.364. The lowest BCUT2D eigenvalue weighted by molar-refractivity contribution is 0.0939. The van der Waals surface area contributed by atoms with Crippen molar-refractivity contribution in [2.45, 2.75) is 13.8 Å². The molecule has 0 fully saturated rings. The lowest BCUT2D eigenvalue weighted by atomic mass is 10.0. The third-order valence-electron chi connectivity index (χ3n) is 1.99. The Morgan fingerprint density at radius 3 is 2.57 bits per heavy atom. The van der Waals surface area contributed by atoms with Gasteiger partial charge in [0.15, 0.2) is 17.3 Å². The summed E-state index contributed by atoms with van der Waals surface area (Å²) in [6, 6.07) is 4.62. The molecule has 0 aliphatic rings. The van der Waals surface area contributed by atoms with Crippen molar-refractivity contribution in [2.75, 3.05) is 7.11 Å². The molecule has 1 aromatic rings. The molecule has 0 heterocycles. The van der Waals surface area contributed by atoms with Gasteiger partial charge in [-0.1, -0.05) is 13.8 Å². The summed E-state index contributed by atoms with van der Waals surface area (Å²) in [6.07, 6.45) is 0. The van der Waals surface area contributed by atoms with E-state index in [2.05, 4.69) is 0 Å². The third-order valence-corrected chi connectivity index (χ3v) is 1.99. The number of aromatic hydroxyl groups is 1. The fourth-order valence-electron chi connectivity index (χ4n) is 1.16. The first kappa shape index (κ1) is 10.6. The largest absolute Gasteiger partial charge is 0.504 e. The standard InChI is InChI=1S/C11H14O3/c1-7(2)11(13)8-4-5-9(12)10(6-8)14-3/h4-7,12H,1-3H3. The van der Waals surface area contributed by atoms with Crippen LogP contribution in [0.15, 0.2) is 18.2 Å². The number of benzene rings is 1. The van der Waals surface area contributed by atoms with E-state index < -0.39 is 0 Å². The van der Waals surface area contributed by atoms with E-state index in [9.17, 15) is 9.90 Å². The van der Waals surface area contributed by atoms with Gasteiger partial charge in [-0.05, 0) is 18.2 Å². The van der Waals surface area contributed by atoms with Crippen LogP contribution in [0.5, 0.6) is 11.5 Å². The number of ether oxygens (including phenoxy) is 1. The number of Topliss-reactive ketones (excluding diaryl/α,β-unsaturated/α-hetero) is 1. The average Bonchev–Trinajstić information content (AvgIpc) is 2.17. The summed E-state index contributed by atoms with van der Waals surface area (Å²) < 4.78 is 4.91. The van der Waals surface area contributed by atoms with Crippen LogP contribution in [0.3, 0.4) is 0 Å². The van der Waals surface area contributed by atoms with Gasteiger partial charge in [-0.2, -0.15) is 0 Å². The van der Waals surface area contributed by atoms with Crippen molar-refractivity contribution >= 4 is 5.78 Å². The van der Waals surface area contributed by atoms with Gasteiger partial charge in [0.05, 0.1) is 7.11 Å².